The zero-order chi connectivity index (χ0) is 21.0. The SMILES string of the molecule is Cc1cc(/C=C(\C#N)C(=O)OCc2c(F)cccc2Cl)c(C)n1C[C@H]1CCCO1. The quantitative estimate of drug-likeness (QED) is 0.388. The number of aromatic nitrogens is 1. The molecule has 0 saturated carbocycles. The van der Waals surface area contributed by atoms with Crippen molar-refractivity contribution < 1.29 is 18.7 Å². The van der Waals surface area contributed by atoms with E-state index in [-0.39, 0.29) is 28.9 Å². The number of nitriles is 1. The van der Waals surface area contributed by atoms with E-state index in [9.17, 15) is 14.4 Å². The van der Waals surface area contributed by atoms with Gasteiger partial charge in [-0.25, -0.2) is 9.18 Å². The standard InChI is InChI=1S/C22H22ClFN2O3/c1-14-9-16(15(2)26(14)12-18-5-4-8-28-18)10-17(11-25)22(27)29-13-19-20(23)6-3-7-21(19)24/h3,6-7,9-10,18H,4-5,8,12-13H2,1-2H3/b17-10+/t18-/m1/s1. The van der Waals surface area contributed by atoms with E-state index in [0.717, 1.165) is 42.9 Å². The van der Waals surface area contributed by atoms with Crippen LogP contribution in [-0.4, -0.2) is 23.2 Å². The minimum atomic E-state index is -0.823. The van der Waals surface area contributed by atoms with Crippen molar-refractivity contribution in [2.24, 2.45) is 0 Å². The number of benzene rings is 1. The Labute approximate surface area is 174 Å². The third-order valence-electron chi connectivity index (χ3n) is 5.07. The highest BCUT2D eigenvalue weighted by molar-refractivity contribution is 6.31. The van der Waals surface area contributed by atoms with Gasteiger partial charge in [0.05, 0.1) is 11.1 Å². The van der Waals surface area contributed by atoms with Crippen LogP contribution in [0.15, 0.2) is 29.8 Å². The van der Waals surface area contributed by atoms with Crippen LogP contribution in [0.5, 0.6) is 0 Å². The van der Waals surface area contributed by atoms with Crippen LogP contribution in [0.4, 0.5) is 4.39 Å². The molecular weight excluding hydrogens is 395 g/mol. The van der Waals surface area contributed by atoms with Crippen molar-refractivity contribution in [2.45, 2.75) is 45.9 Å². The van der Waals surface area contributed by atoms with E-state index in [2.05, 4.69) is 4.57 Å². The second kappa shape index (κ2) is 9.25. The number of esters is 1. The lowest BCUT2D eigenvalue weighted by Crippen LogP contribution is -2.16. The van der Waals surface area contributed by atoms with Crippen molar-refractivity contribution in [1.82, 2.24) is 4.57 Å². The molecule has 2 heterocycles. The summed E-state index contributed by atoms with van der Waals surface area (Å²) in [6, 6.07) is 8.01. The van der Waals surface area contributed by atoms with Crippen LogP contribution < -0.4 is 0 Å². The third kappa shape index (κ3) is 4.87. The van der Waals surface area contributed by atoms with E-state index in [1.54, 1.807) is 0 Å². The molecule has 0 radical (unpaired) electrons. The molecule has 1 aromatic heterocycles. The smallest absolute Gasteiger partial charge is 0.349 e. The maximum absolute atomic E-state index is 13.8. The molecule has 0 bridgehead atoms. The van der Waals surface area contributed by atoms with Gasteiger partial charge in [0.2, 0.25) is 0 Å². The Morgan fingerprint density at radius 3 is 2.93 bits per heavy atom. The first-order valence-electron chi connectivity index (χ1n) is 9.41. The van der Waals surface area contributed by atoms with Crippen LogP contribution in [0.25, 0.3) is 6.08 Å². The molecule has 0 amide bonds. The van der Waals surface area contributed by atoms with Crippen molar-refractivity contribution in [3.8, 4) is 6.07 Å². The van der Waals surface area contributed by atoms with Crippen LogP contribution in [0, 0.1) is 31.0 Å². The van der Waals surface area contributed by atoms with Crippen molar-refractivity contribution in [3.05, 3.63) is 63.2 Å². The first-order chi connectivity index (χ1) is 13.9. The van der Waals surface area contributed by atoms with E-state index in [1.165, 1.54) is 24.3 Å². The van der Waals surface area contributed by atoms with Crippen molar-refractivity contribution in [2.75, 3.05) is 6.61 Å². The fourth-order valence-corrected chi connectivity index (χ4v) is 3.64. The molecule has 7 heteroatoms. The molecule has 1 aliphatic rings. The Balaban J connectivity index is 1.75. The van der Waals surface area contributed by atoms with Crippen LogP contribution in [0.3, 0.4) is 0 Å². The maximum Gasteiger partial charge on any atom is 0.349 e. The van der Waals surface area contributed by atoms with Gasteiger partial charge >= 0.3 is 5.97 Å². The second-order valence-electron chi connectivity index (χ2n) is 7.02. The fraction of sp³-hybridized carbons (Fsp3) is 0.364. The maximum atomic E-state index is 13.8. The van der Waals surface area contributed by atoms with Gasteiger partial charge in [-0.15, -0.1) is 0 Å². The highest BCUT2D eigenvalue weighted by Gasteiger charge is 2.20. The van der Waals surface area contributed by atoms with Gasteiger partial charge in [-0.2, -0.15) is 5.26 Å². The normalized spacial score (nSPS) is 16.7. The molecule has 1 fully saturated rings. The molecule has 0 N–H and O–H groups in total. The summed E-state index contributed by atoms with van der Waals surface area (Å²) < 4.78 is 26.8. The van der Waals surface area contributed by atoms with E-state index in [1.807, 2.05) is 26.0 Å². The number of carbonyl (C=O) groups excluding carboxylic acids is 1. The number of carbonyl (C=O) groups is 1. The van der Waals surface area contributed by atoms with Gasteiger partial charge in [0.25, 0.3) is 0 Å². The Morgan fingerprint density at radius 2 is 2.28 bits per heavy atom. The van der Waals surface area contributed by atoms with Crippen molar-refractivity contribution >= 4 is 23.6 Å². The summed E-state index contributed by atoms with van der Waals surface area (Å²) in [5.41, 5.74) is 2.64. The molecule has 3 rings (SSSR count). The molecule has 0 aliphatic carbocycles. The number of aryl methyl sites for hydroxylation is 1. The van der Waals surface area contributed by atoms with E-state index >= 15 is 0 Å². The lowest BCUT2D eigenvalue weighted by molar-refractivity contribution is -0.139. The zero-order valence-corrected chi connectivity index (χ0v) is 17.1. The largest absolute Gasteiger partial charge is 0.457 e. The first kappa shape index (κ1) is 21.1. The number of hydrogen-bond acceptors (Lipinski definition) is 4. The number of nitrogens with zero attached hydrogens (tertiary/aromatic N) is 2. The average Bonchev–Trinajstić information content (AvgIpc) is 3.29. The number of hydrogen-bond donors (Lipinski definition) is 0. The van der Waals surface area contributed by atoms with Gasteiger partial charge in [0, 0.05) is 30.1 Å². The summed E-state index contributed by atoms with van der Waals surface area (Å²) in [5.74, 6) is -1.39. The summed E-state index contributed by atoms with van der Waals surface area (Å²) in [6.07, 6.45) is 3.77. The summed E-state index contributed by atoms with van der Waals surface area (Å²) in [7, 11) is 0. The minimum Gasteiger partial charge on any atom is -0.457 e. The molecule has 0 unspecified atom stereocenters. The highest BCUT2D eigenvalue weighted by atomic mass is 35.5. The Kier molecular flexibility index (Phi) is 6.73. The third-order valence-corrected chi connectivity index (χ3v) is 5.43. The zero-order valence-electron chi connectivity index (χ0n) is 16.4. The monoisotopic (exact) mass is 416 g/mol. The second-order valence-corrected chi connectivity index (χ2v) is 7.43. The van der Waals surface area contributed by atoms with Gasteiger partial charge in [0.1, 0.15) is 24.1 Å². The van der Waals surface area contributed by atoms with Crippen LogP contribution >= 0.6 is 11.6 Å². The van der Waals surface area contributed by atoms with Gasteiger partial charge in [-0.3, -0.25) is 0 Å². The first-order valence-corrected chi connectivity index (χ1v) is 9.78. The highest BCUT2D eigenvalue weighted by Crippen LogP contribution is 2.23. The topological polar surface area (TPSA) is 64.2 Å². The van der Waals surface area contributed by atoms with Gasteiger partial charge < -0.3 is 14.0 Å². The lowest BCUT2D eigenvalue weighted by Gasteiger charge is -2.14. The summed E-state index contributed by atoms with van der Waals surface area (Å²) in [4.78, 5) is 12.4. The van der Waals surface area contributed by atoms with Crippen molar-refractivity contribution in [1.29, 1.82) is 5.26 Å². The van der Waals surface area contributed by atoms with Gasteiger partial charge in [-0.1, -0.05) is 17.7 Å². The minimum absolute atomic E-state index is 0.0783. The summed E-state index contributed by atoms with van der Waals surface area (Å²) in [6.45, 7) is 5.09. The van der Waals surface area contributed by atoms with E-state index in [0.29, 0.717) is 0 Å². The summed E-state index contributed by atoms with van der Waals surface area (Å²) >= 11 is 5.94. The molecule has 29 heavy (non-hydrogen) atoms. The van der Waals surface area contributed by atoms with Crippen LogP contribution in [0.2, 0.25) is 5.02 Å². The Morgan fingerprint density at radius 1 is 1.48 bits per heavy atom. The van der Waals surface area contributed by atoms with Crippen molar-refractivity contribution in [3.63, 3.8) is 0 Å². The molecule has 2 aromatic rings. The van der Waals surface area contributed by atoms with E-state index < -0.39 is 11.8 Å². The molecule has 1 aliphatic heterocycles. The lowest BCUT2D eigenvalue weighted by atomic mass is 10.1. The molecule has 1 saturated heterocycles. The molecule has 0 spiro atoms. The summed E-state index contributed by atoms with van der Waals surface area (Å²) in [5, 5.41) is 9.58. The average molecular weight is 417 g/mol. The number of rotatable bonds is 6. The number of halogens is 2. The fourth-order valence-electron chi connectivity index (χ4n) is 3.42. The predicted molar refractivity (Wildman–Crippen MR) is 108 cm³/mol. The molecule has 5 nitrogen and oxygen atoms in total. The molecular formula is C22H22ClFN2O3. The Hall–Kier alpha value is -2.62. The molecule has 1 aromatic carbocycles. The van der Waals surface area contributed by atoms with Crippen LogP contribution in [-0.2, 0) is 27.4 Å². The van der Waals surface area contributed by atoms with E-state index in [4.69, 9.17) is 21.1 Å². The number of ether oxygens (including phenoxy) is 2. The van der Waals surface area contributed by atoms with Gasteiger partial charge in [-0.05, 0) is 56.5 Å². The molecule has 152 valence electrons. The molecule has 1 atom stereocenters. The predicted octanol–water partition coefficient (Wildman–Crippen LogP) is 4.73. The Bertz CT molecular complexity index is 964. The van der Waals surface area contributed by atoms with Crippen LogP contribution in [0.1, 0.15) is 35.4 Å². The van der Waals surface area contributed by atoms with Gasteiger partial charge in [0.15, 0.2) is 0 Å².